The van der Waals surface area contributed by atoms with Crippen LogP contribution < -0.4 is 16.0 Å². The monoisotopic (exact) mass is 544 g/mol. The van der Waals surface area contributed by atoms with Crippen LogP contribution in [0.1, 0.15) is 31.4 Å². The zero-order valence-corrected chi connectivity index (χ0v) is 21.0. The minimum Gasteiger partial charge on any atom is -0.389 e. The van der Waals surface area contributed by atoms with E-state index in [0.29, 0.717) is 25.6 Å². The van der Waals surface area contributed by atoms with E-state index in [1.165, 1.54) is 24.3 Å². The van der Waals surface area contributed by atoms with Crippen molar-refractivity contribution in [2.24, 2.45) is 5.73 Å². The van der Waals surface area contributed by atoms with Crippen molar-refractivity contribution in [3.63, 3.8) is 0 Å². The van der Waals surface area contributed by atoms with E-state index in [1.807, 2.05) is 0 Å². The Morgan fingerprint density at radius 1 is 1.29 bits per heavy atom. The molecule has 3 unspecified atom stereocenters. The zero-order valence-electron chi connectivity index (χ0n) is 21.0. The Balaban J connectivity index is 1.70. The molecule has 1 fully saturated rings. The molecule has 1 aliphatic rings. The van der Waals surface area contributed by atoms with E-state index >= 15 is 4.39 Å². The van der Waals surface area contributed by atoms with Crippen molar-refractivity contribution in [2.45, 2.75) is 50.3 Å². The summed E-state index contributed by atoms with van der Waals surface area (Å²) in [6.07, 6.45) is -4.84. The van der Waals surface area contributed by atoms with Crippen molar-refractivity contribution >= 4 is 17.5 Å². The molecule has 3 atom stereocenters. The maximum absolute atomic E-state index is 15.4. The van der Waals surface area contributed by atoms with Gasteiger partial charge in [-0.25, -0.2) is 9.97 Å². The molecule has 3 rings (SSSR count). The van der Waals surface area contributed by atoms with Gasteiger partial charge in [0.25, 0.3) is 0 Å². The van der Waals surface area contributed by atoms with Gasteiger partial charge in [-0.2, -0.15) is 17.6 Å². The molecule has 2 aromatic rings. The lowest BCUT2D eigenvalue weighted by molar-refractivity contribution is -0.258. The molecule has 1 aromatic heterocycles. The van der Waals surface area contributed by atoms with Gasteiger partial charge < -0.3 is 31.3 Å². The van der Waals surface area contributed by atoms with Gasteiger partial charge >= 0.3 is 6.18 Å². The van der Waals surface area contributed by atoms with Crippen molar-refractivity contribution in [3.8, 4) is 0 Å². The first-order valence-electron chi connectivity index (χ1n) is 12.0. The smallest absolute Gasteiger partial charge is 0.389 e. The lowest BCUT2D eigenvalue weighted by atomic mass is 9.88. The number of aliphatic hydroxyl groups excluding tert-OH is 1. The van der Waals surface area contributed by atoms with Gasteiger partial charge in [0.2, 0.25) is 11.7 Å². The fraction of sp³-hybridized carbons (Fsp3) is 0.542. The summed E-state index contributed by atoms with van der Waals surface area (Å²) < 4.78 is 54.7. The molecule has 210 valence electrons. The topological polar surface area (TPSA) is 148 Å². The Morgan fingerprint density at radius 3 is 2.50 bits per heavy atom. The Morgan fingerprint density at radius 2 is 1.95 bits per heavy atom. The van der Waals surface area contributed by atoms with E-state index < -0.39 is 35.2 Å². The fourth-order valence-electron chi connectivity index (χ4n) is 4.19. The molecule has 0 spiro atoms. The van der Waals surface area contributed by atoms with Crippen LogP contribution in [0.15, 0.2) is 30.6 Å². The summed E-state index contributed by atoms with van der Waals surface area (Å²) in [5, 5.41) is 33.9. The number of hydrogen-bond acceptors (Lipinski definition) is 9. The predicted octanol–water partition coefficient (Wildman–Crippen LogP) is 1.11. The van der Waals surface area contributed by atoms with Gasteiger partial charge in [-0.1, -0.05) is 24.3 Å². The number of hydrogen-bond donors (Lipinski definition) is 5. The molecule has 1 amide bonds. The van der Waals surface area contributed by atoms with Crippen LogP contribution in [0.4, 0.5) is 29.2 Å². The number of nitrogens with one attached hydrogen (secondary N) is 1. The number of aliphatic hydroxyl groups is 3. The average molecular weight is 545 g/mol. The second-order valence-corrected chi connectivity index (χ2v) is 9.57. The summed E-state index contributed by atoms with van der Waals surface area (Å²) in [6, 6.07) is 5.16. The lowest BCUT2D eigenvalue weighted by Crippen LogP contribution is -2.59. The highest BCUT2D eigenvalue weighted by Gasteiger charge is 2.51. The van der Waals surface area contributed by atoms with Gasteiger partial charge in [0.1, 0.15) is 11.9 Å². The Kier molecular flexibility index (Phi) is 8.81. The summed E-state index contributed by atoms with van der Waals surface area (Å²) in [5.74, 6) is -1.64. The van der Waals surface area contributed by atoms with Gasteiger partial charge in [-0.3, -0.25) is 9.69 Å². The number of carbonyl (C=O) groups excluding carboxylic acids is 1. The number of likely N-dealkylation sites (tertiary alicyclic amines) is 1. The highest BCUT2D eigenvalue weighted by atomic mass is 19.4. The van der Waals surface area contributed by atoms with E-state index in [1.54, 1.807) is 16.7 Å². The van der Waals surface area contributed by atoms with E-state index in [-0.39, 0.29) is 49.8 Å². The quantitative estimate of drug-likeness (QED) is 0.278. The number of primary amides is 1. The molecule has 1 aliphatic heterocycles. The summed E-state index contributed by atoms with van der Waals surface area (Å²) in [4.78, 5) is 22.2. The van der Waals surface area contributed by atoms with Gasteiger partial charge in [0.05, 0.1) is 12.6 Å². The third-order valence-electron chi connectivity index (χ3n) is 6.75. The molecule has 0 aliphatic carbocycles. The van der Waals surface area contributed by atoms with E-state index in [2.05, 4.69) is 15.3 Å². The van der Waals surface area contributed by atoms with Crippen LogP contribution in [0.25, 0.3) is 0 Å². The number of rotatable bonds is 10. The number of nitrogens with two attached hydrogens (primary N) is 1. The van der Waals surface area contributed by atoms with Crippen molar-refractivity contribution in [1.82, 2.24) is 14.9 Å². The maximum Gasteiger partial charge on any atom is 0.421 e. The minimum atomic E-state index is -4.85. The normalized spacial score (nSPS) is 22.1. The third-order valence-corrected chi connectivity index (χ3v) is 6.75. The molecular weight excluding hydrogens is 512 g/mol. The van der Waals surface area contributed by atoms with Crippen LogP contribution in [-0.4, -0.2) is 86.7 Å². The fourth-order valence-corrected chi connectivity index (χ4v) is 4.19. The molecule has 0 bridgehead atoms. The van der Waals surface area contributed by atoms with Gasteiger partial charge in [0.15, 0.2) is 17.2 Å². The number of aromatic nitrogens is 2. The summed E-state index contributed by atoms with van der Waals surface area (Å²) in [7, 11) is 0. The average Bonchev–Trinajstić information content (AvgIpc) is 2.84. The Bertz CT molecular complexity index is 1120. The number of carbonyl (C=O) groups is 1. The third kappa shape index (κ3) is 6.49. The summed E-state index contributed by atoms with van der Waals surface area (Å²) in [5.41, 5.74) is 0.802. The first kappa shape index (κ1) is 29.5. The second-order valence-electron chi connectivity index (χ2n) is 9.57. The van der Waals surface area contributed by atoms with Gasteiger partial charge in [0, 0.05) is 32.7 Å². The molecule has 38 heavy (non-hydrogen) atoms. The molecule has 2 heterocycles. The van der Waals surface area contributed by atoms with Gasteiger partial charge in [-0.15, -0.1) is 0 Å². The number of piperidine rings is 1. The van der Waals surface area contributed by atoms with Crippen LogP contribution in [0.5, 0.6) is 0 Å². The molecule has 14 heteroatoms. The maximum atomic E-state index is 15.4. The van der Waals surface area contributed by atoms with E-state index in [0.717, 1.165) is 6.33 Å². The van der Waals surface area contributed by atoms with Crippen LogP contribution >= 0.6 is 0 Å². The van der Waals surface area contributed by atoms with Crippen LogP contribution in [0, 0.1) is 5.82 Å². The molecule has 10 nitrogen and oxygen atoms in total. The molecular formula is C24H32F4N6O4. The number of nitrogens with zero attached hydrogens (tertiary/aromatic N) is 4. The number of anilines is 2. The second kappa shape index (κ2) is 11.4. The number of benzene rings is 1. The number of amides is 1. The summed E-state index contributed by atoms with van der Waals surface area (Å²) >= 11 is 0. The van der Waals surface area contributed by atoms with Crippen LogP contribution in [0.3, 0.4) is 0 Å². The minimum absolute atomic E-state index is 0.0133. The van der Waals surface area contributed by atoms with Crippen molar-refractivity contribution in [1.29, 1.82) is 0 Å². The number of alkyl halides is 3. The predicted molar refractivity (Wildman–Crippen MR) is 130 cm³/mol. The van der Waals surface area contributed by atoms with Crippen LogP contribution in [-0.2, 0) is 16.9 Å². The Hall–Kier alpha value is -3.07. The van der Waals surface area contributed by atoms with Gasteiger partial charge in [-0.05, 0) is 31.4 Å². The van der Waals surface area contributed by atoms with E-state index in [4.69, 9.17) is 5.73 Å². The first-order valence-corrected chi connectivity index (χ1v) is 12.0. The SMILES string of the molecule is CCN(Cc1ccc(C(C)(O)C(F)(F)F)cc1)c1ncnc(NCC2(O)CCN(CC(N)=O)CC2O)c1F. The standard InChI is InChI=1S/C24H32F4N6O4/c1-3-34(10-15-4-6-16(7-5-15)22(2,37)24(26,27)28)21-19(25)20(31-14-32-21)30-13-23(38)8-9-33(11-17(23)35)12-18(29)36/h4-7,14,17,35,37-38H,3,8-13H2,1-2H3,(H2,29,36)(H,30,31,32). The molecule has 1 aromatic carbocycles. The summed E-state index contributed by atoms with van der Waals surface area (Å²) in [6.45, 7) is 2.86. The van der Waals surface area contributed by atoms with E-state index in [9.17, 15) is 33.3 Å². The van der Waals surface area contributed by atoms with Crippen LogP contribution in [0.2, 0.25) is 0 Å². The highest BCUT2D eigenvalue weighted by Crippen LogP contribution is 2.38. The molecule has 0 radical (unpaired) electrons. The molecule has 0 saturated carbocycles. The number of β-amino-alcohol motifs (C(OH)–C–C–N with tert-alkyl or cyclic N) is 1. The number of halogens is 4. The Labute approximate surface area is 217 Å². The highest BCUT2D eigenvalue weighted by molar-refractivity contribution is 5.75. The van der Waals surface area contributed by atoms with Crippen molar-refractivity contribution < 1.29 is 37.7 Å². The van der Waals surface area contributed by atoms with Crippen molar-refractivity contribution in [2.75, 3.05) is 42.9 Å². The van der Waals surface area contributed by atoms with Crippen molar-refractivity contribution in [3.05, 3.63) is 47.5 Å². The first-order chi connectivity index (χ1) is 17.7. The molecule has 1 saturated heterocycles. The largest absolute Gasteiger partial charge is 0.421 e. The lowest BCUT2D eigenvalue weighted by Gasteiger charge is -2.41. The zero-order chi connectivity index (χ0) is 28.3. The molecule has 6 N–H and O–H groups in total.